The molecule has 1 N–H and O–H groups in total. The van der Waals surface area contributed by atoms with Crippen molar-refractivity contribution in [3.8, 4) is 22.9 Å². The van der Waals surface area contributed by atoms with Crippen LogP contribution in [0, 0.1) is 0 Å². The van der Waals surface area contributed by atoms with Gasteiger partial charge in [-0.15, -0.1) is 0 Å². The second-order valence-corrected chi connectivity index (χ2v) is 6.37. The van der Waals surface area contributed by atoms with Crippen LogP contribution in [-0.2, 0) is 0 Å². The minimum Gasteiger partial charge on any atom is -0.504 e. The van der Waals surface area contributed by atoms with Gasteiger partial charge in [-0.3, -0.25) is 4.79 Å². The molecule has 1 atom stereocenters. The van der Waals surface area contributed by atoms with Crippen molar-refractivity contribution in [1.29, 1.82) is 0 Å². The number of likely N-dealkylation sites (tertiary alicyclic amines) is 1. The summed E-state index contributed by atoms with van der Waals surface area (Å²) in [6.45, 7) is 0.597. The monoisotopic (exact) mass is 365 g/mol. The highest BCUT2D eigenvalue weighted by molar-refractivity contribution is 5.95. The molecule has 0 radical (unpaired) electrons. The number of aromatic hydroxyl groups is 1. The molecule has 1 saturated heterocycles. The Balaban J connectivity index is 1.58. The van der Waals surface area contributed by atoms with E-state index in [1.54, 1.807) is 17.0 Å². The molecule has 1 aliphatic heterocycles. The number of aromatic nitrogens is 2. The van der Waals surface area contributed by atoms with Gasteiger partial charge in [0.15, 0.2) is 11.5 Å². The summed E-state index contributed by atoms with van der Waals surface area (Å²) in [6, 6.07) is 13.9. The SMILES string of the molecule is COc1ccc(C(=O)N2CCCC2c2nc(-c3ccccc3)no2)cc1O. The van der Waals surface area contributed by atoms with Crippen LogP contribution in [0.5, 0.6) is 11.5 Å². The fourth-order valence-corrected chi connectivity index (χ4v) is 3.33. The third kappa shape index (κ3) is 3.23. The summed E-state index contributed by atoms with van der Waals surface area (Å²) >= 11 is 0. The molecular formula is C20H19N3O4. The van der Waals surface area contributed by atoms with Crippen LogP contribution < -0.4 is 4.74 Å². The third-order valence-corrected chi connectivity index (χ3v) is 4.70. The van der Waals surface area contributed by atoms with Crippen molar-refractivity contribution in [2.45, 2.75) is 18.9 Å². The van der Waals surface area contributed by atoms with Crippen LogP contribution in [0.2, 0.25) is 0 Å². The van der Waals surface area contributed by atoms with Gasteiger partial charge in [0.05, 0.1) is 7.11 Å². The molecule has 1 unspecified atom stereocenters. The highest BCUT2D eigenvalue weighted by atomic mass is 16.5. The van der Waals surface area contributed by atoms with E-state index in [1.807, 2.05) is 30.3 Å². The summed E-state index contributed by atoms with van der Waals surface area (Å²) in [5, 5.41) is 14.0. The molecule has 3 aromatic rings. The molecule has 2 heterocycles. The lowest BCUT2D eigenvalue weighted by molar-refractivity contribution is 0.0709. The second-order valence-electron chi connectivity index (χ2n) is 6.37. The number of ether oxygens (including phenoxy) is 1. The van der Waals surface area contributed by atoms with Crippen LogP contribution in [-0.4, -0.2) is 39.7 Å². The van der Waals surface area contributed by atoms with Crippen LogP contribution in [0.4, 0.5) is 0 Å². The van der Waals surface area contributed by atoms with Crippen molar-refractivity contribution in [2.24, 2.45) is 0 Å². The van der Waals surface area contributed by atoms with Gasteiger partial charge in [-0.2, -0.15) is 4.98 Å². The zero-order valence-corrected chi connectivity index (χ0v) is 14.8. The molecule has 1 fully saturated rings. The Morgan fingerprint density at radius 2 is 2.07 bits per heavy atom. The molecule has 1 amide bonds. The normalized spacial score (nSPS) is 16.5. The number of nitrogens with zero attached hydrogens (tertiary/aromatic N) is 3. The maximum atomic E-state index is 12.9. The van der Waals surface area contributed by atoms with E-state index in [9.17, 15) is 9.90 Å². The van der Waals surface area contributed by atoms with Crippen molar-refractivity contribution in [3.63, 3.8) is 0 Å². The van der Waals surface area contributed by atoms with Gasteiger partial charge in [-0.25, -0.2) is 0 Å². The Morgan fingerprint density at radius 3 is 2.81 bits per heavy atom. The summed E-state index contributed by atoms with van der Waals surface area (Å²) in [6.07, 6.45) is 1.60. The van der Waals surface area contributed by atoms with Crippen molar-refractivity contribution in [1.82, 2.24) is 15.0 Å². The van der Waals surface area contributed by atoms with Crippen LogP contribution in [0.1, 0.15) is 35.1 Å². The molecule has 0 bridgehead atoms. The molecule has 1 aliphatic rings. The first-order valence-corrected chi connectivity index (χ1v) is 8.74. The van der Waals surface area contributed by atoms with E-state index >= 15 is 0 Å². The molecule has 7 heteroatoms. The number of hydrogen-bond acceptors (Lipinski definition) is 6. The smallest absolute Gasteiger partial charge is 0.254 e. The van der Waals surface area contributed by atoms with E-state index in [-0.39, 0.29) is 17.7 Å². The maximum Gasteiger partial charge on any atom is 0.254 e. The fraction of sp³-hybridized carbons (Fsp3) is 0.250. The molecule has 4 rings (SSSR count). The van der Waals surface area contributed by atoms with Gasteiger partial charge in [-0.1, -0.05) is 35.5 Å². The Bertz CT molecular complexity index is 955. The standard InChI is InChI=1S/C20H19N3O4/c1-26-17-10-9-14(12-16(17)24)20(25)23-11-5-8-15(23)19-21-18(22-27-19)13-6-3-2-4-7-13/h2-4,6-7,9-10,12,15,24H,5,8,11H2,1H3. The molecule has 2 aromatic carbocycles. The van der Waals surface area contributed by atoms with E-state index in [2.05, 4.69) is 10.1 Å². The average Bonchev–Trinajstić information content (AvgIpc) is 3.37. The van der Waals surface area contributed by atoms with Crippen LogP contribution in [0.3, 0.4) is 0 Å². The van der Waals surface area contributed by atoms with Gasteiger partial charge in [0.25, 0.3) is 5.91 Å². The topological polar surface area (TPSA) is 88.7 Å². The van der Waals surface area contributed by atoms with Gasteiger partial charge >= 0.3 is 0 Å². The average molecular weight is 365 g/mol. The van der Waals surface area contributed by atoms with Gasteiger partial charge in [0.2, 0.25) is 11.7 Å². The minimum absolute atomic E-state index is 0.0664. The van der Waals surface area contributed by atoms with Crippen molar-refractivity contribution in [2.75, 3.05) is 13.7 Å². The first-order chi connectivity index (χ1) is 13.2. The van der Waals surface area contributed by atoms with Gasteiger partial charge in [0, 0.05) is 17.7 Å². The predicted octanol–water partition coefficient (Wildman–Crippen LogP) is 3.43. The van der Waals surface area contributed by atoms with Crippen LogP contribution >= 0.6 is 0 Å². The van der Waals surface area contributed by atoms with E-state index < -0.39 is 0 Å². The highest BCUT2D eigenvalue weighted by Crippen LogP contribution is 2.34. The van der Waals surface area contributed by atoms with Crippen molar-refractivity contribution < 1.29 is 19.2 Å². The van der Waals surface area contributed by atoms with Crippen molar-refractivity contribution in [3.05, 3.63) is 60.0 Å². The molecule has 7 nitrogen and oxygen atoms in total. The lowest BCUT2D eigenvalue weighted by atomic mass is 10.1. The first-order valence-electron chi connectivity index (χ1n) is 8.74. The maximum absolute atomic E-state index is 12.9. The molecule has 1 aromatic heterocycles. The van der Waals surface area contributed by atoms with Gasteiger partial charge < -0.3 is 19.3 Å². The first kappa shape index (κ1) is 17.1. The number of carbonyl (C=O) groups excluding carboxylic acids is 1. The number of rotatable bonds is 4. The zero-order chi connectivity index (χ0) is 18.8. The van der Waals surface area contributed by atoms with E-state index in [1.165, 1.54) is 13.2 Å². The highest BCUT2D eigenvalue weighted by Gasteiger charge is 2.34. The molecule has 0 aliphatic carbocycles. The van der Waals surface area contributed by atoms with Gasteiger partial charge in [0.1, 0.15) is 6.04 Å². The summed E-state index contributed by atoms with van der Waals surface area (Å²) in [5.74, 6) is 1.01. The van der Waals surface area contributed by atoms with E-state index in [0.29, 0.717) is 29.6 Å². The number of hydrogen-bond donors (Lipinski definition) is 1. The summed E-state index contributed by atoms with van der Waals surface area (Å²) < 4.78 is 10.5. The summed E-state index contributed by atoms with van der Waals surface area (Å²) in [4.78, 5) is 19.1. The van der Waals surface area contributed by atoms with E-state index in [0.717, 1.165) is 18.4 Å². The Hall–Kier alpha value is -3.35. The van der Waals surface area contributed by atoms with Crippen molar-refractivity contribution >= 4 is 5.91 Å². The number of amides is 1. The predicted molar refractivity (Wildman–Crippen MR) is 97.4 cm³/mol. The number of methoxy groups -OCH3 is 1. The van der Waals surface area contributed by atoms with Gasteiger partial charge in [-0.05, 0) is 31.0 Å². The second kappa shape index (κ2) is 7.11. The fourth-order valence-electron chi connectivity index (χ4n) is 3.33. The molecule has 138 valence electrons. The van der Waals surface area contributed by atoms with E-state index in [4.69, 9.17) is 9.26 Å². The quantitative estimate of drug-likeness (QED) is 0.762. The summed E-state index contributed by atoms with van der Waals surface area (Å²) in [7, 11) is 1.47. The molecular weight excluding hydrogens is 346 g/mol. The lowest BCUT2D eigenvalue weighted by Crippen LogP contribution is -2.30. The number of phenols is 1. The zero-order valence-electron chi connectivity index (χ0n) is 14.8. The number of benzene rings is 2. The molecule has 27 heavy (non-hydrogen) atoms. The largest absolute Gasteiger partial charge is 0.504 e. The Kier molecular flexibility index (Phi) is 4.50. The lowest BCUT2D eigenvalue weighted by Gasteiger charge is -2.22. The minimum atomic E-state index is -0.272. The Morgan fingerprint density at radius 1 is 1.26 bits per heavy atom. The molecule has 0 saturated carbocycles. The van der Waals surface area contributed by atoms with Crippen LogP contribution in [0.25, 0.3) is 11.4 Å². The number of carbonyl (C=O) groups is 1. The number of phenolic OH excluding ortho intramolecular Hbond substituents is 1. The third-order valence-electron chi connectivity index (χ3n) is 4.70. The van der Waals surface area contributed by atoms with Crippen LogP contribution in [0.15, 0.2) is 53.1 Å². The summed E-state index contributed by atoms with van der Waals surface area (Å²) in [5.41, 5.74) is 1.26. The molecule has 0 spiro atoms. The Labute approximate surface area is 156 Å².